The highest BCUT2D eigenvalue weighted by molar-refractivity contribution is 6.07. The van der Waals surface area contributed by atoms with Gasteiger partial charge in [0.25, 0.3) is 5.91 Å². The zero-order chi connectivity index (χ0) is 26.1. The van der Waals surface area contributed by atoms with Crippen LogP contribution < -0.4 is 15.5 Å². The van der Waals surface area contributed by atoms with Crippen molar-refractivity contribution >= 4 is 46.5 Å². The standard InChI is InChI=1S/C21H20FN3O6.C4H10/c1-12(20(29)24-15(10-19(27)28)18(26)11-22)31-21(30)25-16-8-4-2-6-13(16)23-14-7-3-5-9-17(14)25;1-4(2)3/h2-9,12,15,23H,10-11H2,1H3,(H,24,29)(H,27,28);4H,1-3H3. The molecule has 3 rings (SSSR count). The summed E-state index contributed by atoms with van der Waals surface area (Å²) < 4.78 is 18.0. The lowest BCUT2D eigenvalue weighted by atomic mass is 10.1. The SMILES string of the molecule is CC(C)C.CC(OC(=O)N1c2ccccc2Nc2ccccc21)C(=O)NC(CC(=O)O)C(=O)CF. The summed E-state index contributed by atoms with van der Waals surface area (Å²) in [5.74, 6) is -2.55. The maximum absolute atomic E-state index is 13.0. The number of carboxylic acids is 1. The fourth-order valence-corrected chi connectivity index (χ4v) is 3.08. The van der Waals surface area contributed by atoms with E-state index >= 15 is 0 Å². The second-order valence-electron chi connectivity index (χ2n) is 8.51. The van der Waals surface area contributed by atoms with E-state index in [4.69, 9.17) is 9.84 Å². The van der Waals surface area contributed by atoms with Gasteiger partial charge in [-0.3, -0.25) is 14.4 Å². The largest absolute Gasteiger partial charge is 0.481 e. The summed E-state index contributed by atoms with van der Waals surface area (Å²) in [6.07, 6.45) is -3.01. The van der Waals surface area contributed by atoms with Crippen LogP contribution in [0.25, 0.3) is 0 Å². The van der Waals surface area contributed by atoms with E-state index in [9.17, 15) is 23.6 Å². The Bertz CT molecular complexity index is 1030. The second-order valence-corrected chi connectivity index (χ2v) is 8.51. The van der Waals surface area contributed by atoms with Crippen LogP contribution in [0.1, 0.15) is 34.1 Å². The number of carbonyl (C=O) groups is 4. The Balaban J connectivity index is 0.00000100. The Morgan fingerprint density at radius 1 is 0.971 bits per heavy atom. The first-order valence-electron chi connectivity index (χ1n) is 11.1. The molecule has 0 saturated carbocycles. The molecule has 0 radical (unpaired) electrons. The van der Waals surface area contributed by atoms with Crippen LogP contribution in [-0.4, -0.2) is 47.7 Å². The lowest BCUT2D eigenvalue weighted by Crippen LogP contribution is -2.48. The fraction of sp³-hybridized carbons (Fsp3) is 0.360. The van der Waals surface area contributed by atoms with Crippen LogP contribution in [0.5, 0.6) is 0 Å². The van der Waals surface area contributed by atoms with Crippen LogP contribution >= 0.6 is 0 Å². The Kier molecular flexibility index (Phi) is 9.74. The van der Waals surface area contributed by atoms with Gasteiger partial charge in [0.1, 0.15) is 12.7 Å². The van der Waals surface area contributed by atoms with Gasteiger partial charge in [-0.25, -0.2) is 14.1 Å². The van der Waals surface area contributed by atoms with E-state index in [0.29, 0.717) is 22.7 Å². The molecule has 9 nitrogen and oxygen atoms in total. The number of hydrogen-bond acceptors (Lipinski definition) is 6. The average Bonchev–Trinajstić information content (AvgIpc) is 2.80. The fourth-order valence-electron chi connectivity index (χ4n) is 3.08. The quantitative estimate of drug-likeness (QED) is 0.522. The first-order chi connectivity index (χ1) is 16.5. The van der Waals surface area contributed by atoms with Crippen LogP contribution in [0.3, 0.4) is 0 Å². The lowest BCUT2D eigenvalue weighted by molar-refractivity contribution is -0.141. The molecular formula is C25H30FN3O6. The minimum atomic E-state index is -1.56. The molecule has 2 amide bonds. The number of nitrogens with one attached hydrogen (secondary N) is 2. The summed E-state index contributed by atoms with van der Waals surface area (Å²) in [5, 5.41) is 14.2. The number of amides is 2. The van der Waals surface area contributed by atoms with Crippen molar-refractivity contribution in [2.24, 2.45) is 5.92 Å². The van der Waals surface area contributed by atoms with Crippen LogP contribution in [0, 0.1) is 5.92 Å². The third kappa shape index (κ3) is 7.53. The number of carbonyl (C=O) groups excluding carboxylic acids is 3. The number of nitrogens with zero attached hydrogens (tertiary/aromatic N) is 1. The number of benzene rings is 2. The van der Waals surface area contributed by atoms with Gasteiger partial charge in [-0.2, -0.15) is 0 Å². The van der Waals surface area contributed by atoms with Crippen molar-refractivity contribution in [1.82, 2.24) is 5.32 Å². The zero-order valence-electron chi connectivity index (χ0n) is 20.1. The molecule has 10 heteroatoms. The molecule has 0 saturated heterocycles. The number of para-hydroxylation sites is 4. The number of carboxylic acid groups (broad SMARTS) is 1. The summed E-state index contributed by atoms with van der Waals surface area (Å²) in [5.41, 5.74) is 2.33. The highest BCUT2D eigenvalue weighted by Crippen LogP contribution is 2.43. The van der Waals surface area contributed by atoms with Gasteiger partial charge >= 0.3 is 12.1 Å². The summed E-state index contributed by atoms with van der Waals surface area (Å²) >= 11 is 0. The molecule has 3 N–H and O–H groups in total. The summed E-state index contributed by atoms with van der Waals surface area (Å²) in [6, 6.07) is 12.5. The third-order valence-corrected chi connectivity index (χ3v) is 4.60. The van der Waals surface area contributed by atoms with E-state index in [1.54, 1.807) is 48.5 Å². The molecule has 2 aromatic carbocycles. The third-order valence-electron chi connectivity index (χ3n) is 4.60. The van der Waals surface area contributed by atoms with Crippen molar-refractivity contribution in [3.63, 3.8) is 0 Å². The van der Waals surface area contributed by atoms with E-state index in [0.717, 1.165) is 5.92 Å². The van der Waals surface area contributed by atoms with Crippen LogP contribution in [0.4, 0.5) is 31.9 Å². The number of fused-ring (bicyclic) bond motifs is 2. The molecule has 2 unspecified atom stereocenters. The van der Waals surface area contributed by atoms with Gasteiger partial charge in [0.15, 0.2) is 11.9 Å². The Morgan fingerprint density at radius 2 is 1.46 bits per heavy atom. The highest BCUT2D eigenvalue weighted by Gasteiger charge is 2.32. The predicted octanol–water partition coefficient (Wildman–Crippen LogP) is 4.57. The van der Waals surface area contributed by atoms with Crippen molar-refractivity contribution < 1.29 is 33.4 Å². The van der Waals surface area contributed by atoms with Crippen molar-refractivity contribution in [3.05, 3.63) is 48.5 Å². The van der Waals surface area contributed by atoms with E-state index in [1.807, 2.05) is 0 Å². The van der Waals surface area contributed by atoms with E-state index in [-0.39, 0.29) is 0 Å². The van der Waals surface area contributed by atoms with Crippen molar-refractivity contribution in [2.75, 3.05) is 16.9 Å². The highest BCUT2D eigenvalue weighted by atomic mass is 19.1. The molecule has 35 heavy (non-hydrogen) atoms. The number of alkyl halides is 1. The van der Waals surface area contributed by atoms with E-state index in [1.165, 1.54) is 11.8 Å². The molecule has 2 aromatic rings. The maximum atomic E-state index is 13.0. The molecule has 188 valence electrons. The van der Waals surface area contributed by atoms with Gasteiger partial charge in [0.2, 0.25) is 0 Å². The van der Waals surface area contributed by atoms with Crippen LogP contribution in [0.15, 0.2) is 48.5 Å². The van der Waals surface area contributed by atoms with Crippen LogP contribution in [-0.2, 0) is 19.1 Å². The number of ketones is 1. The number of anilines is 4. The predicted molar refractivity (Wildman–Crippen MR) is 130 cm³/mol. The van der Waals surface area contributed by atoms with Crippen molar-refractivity contribution in [1.29, 1.82) is 0 Å². The Morgan fingerprint density at radius 3 is 1.91 bits per heavy atom. The first-order valence-corrected chi connectivity index (χ1v) is 11.1. The van der Waals surface area contributed by atoms with Gasteiger partial charge in [0, 0.05) is 0 Å². The number of halogens is 1. The van der Waals surface area contributed by atoms with Crippen molar-refractivity contribution in [2.45, 2.75) is 46.3 Å². The minimum absolute atomic E-state index is 0.509. The summed E-state index contributed by atoms with van der Waals surface area (Å²) in [7, 11) is 0. The van der Waals surface area contributed by atoms with Gasteiger partial charge in [-0.05, 0) is 37.1 Å². The molecule has 0 spiro atoms. The van der Waals surface area contributed by atoms with Crippen LogP contribution in [0.2, 0.25) is 0 Å². The Hall–Kier alpha value is -3.95. The zero-order valence-corrected chi connectivity index (χ0v) is 20.1. The van der Waals surface area contributed by atoms with E-state index in [2.05, 4.69) is 31.4 Å². The molecule has 1 aliphatic rings. The summed E-state index contributed by atoms with van der Waals surface area (Å²) in [6.45, 7) is 6.34. The number of rotatable bonds is 7. The minimum Gasteiger partial charge on any atom is -0.481 e. The van der Waals surface area contributed by atoms with Gasteiger partial charge < -0.3 is 20.5 Å². The number of ether oxygens (including phenoxy) is 1. The monoisotopic (exact) mass is 487 g/mol. The van der Waals surface area contributed by atoms with Crippen molar-refractivity contribution in [3.8, 4) is 0 Å². The van der Waals surface area contributed by atoms with Gasteiger partial charge in [-0.1, -0.05) is 45.0 Å². The molecule has 1 heterocycles. The Labute approximate surface area is 203 Å². The number of Topliss-reactive ketones (excluding diaryl/α,β-unsaturated/α-hetero) is 1. The average molecular weight is 488 g/mol. The normalized spacial score (nSPS) is 13.1. The molecule has 2 atom stereocenters. The first kappa shape index (κ1) is 27.3. The number of aliphatic carboxylic acids is 1. The molecular weight excluding hydrogens is 457 g/mol. The lowest BCUT2D eigenvalue weighted by Gasteiger charge is -2.32. The second kappa shape index (κ2) is 12.5. The maximum Gasteiger partial charge on any atom is 0.419 e. The van der Waals surface area contributed by atoms with E-state index < -0.39 is 49.0 Å². The molecule has 0 fully saturated rings. The summed E-state index contributed by atoms with van der Waals surface area (Å²) in [4.78, 5) is 49.1. The molecule has 1 aliphatic heterocycles. The smallest absolute Gasteiger partial charge is 0.419 e. The number of hydrogen-bond donors (Lipinski definition) is 3. The molecule has 0 bridgehead atoms. The molecule has 0 aliphatic carbocycles. The van der Waals surface area contributed by atoms with Gasteiger partial charge in [0.05, 0.1) is 29.2 Å². The topological polar surface area (TPSA) is 125 Å². The molecule has 0 aromatic heterocycles. The van der Waals surface area contributed by atoms with Gasteiger partial charge in [-0.15, -0.1) is 0 Å².